The monoisotopic (exact) mass is 482 g/mol. The molecule has 0 unspecified atom stereocenters. The van der Waals surface area contributed by atoms with Crippen molar-refractivity contribution in [1.29, 1.82) is 5.26 Å². The van der Waals surface area contributed by atoms with Crippen molar-refractivity contribution in [2.45, 2.75) is 39.8 Å². The van der Waals surface area contributed by atoms with Crippen molar-refractivity contribution in [3.8, 4) is 6.07 Å². The zero-order chi connectivity index (χ0) is 23.7. The number of amides is 1. The second kappa shape index (κ2) is 9.49. The summed E-state index contributed by atoms with van der Waals surface area (Å²) in [5.74, 6) is 0.169. The Balaban J connectivity index is 1.79. The zero-order valence-electron chi connectivity index (χ0n) is 18.4. The van der Waals surface area contributed by atoms with Crippen LogP contribution >= 0.6 is 24.0 Å². The topological polar surface area (TPSA) is 69.3 Å². The van der Waals surface area contributed by atoms with Gasteiger partial charge in [-0.1, -0.05) is 36.1 Å². The first kappa shape index (κ1) is 23.2. The molecule has 2 fully saturated rings. The van der Waals surface area contributed by atoms with E-state index in [1.807, 2.05) is 13.0 Å². The number of nitriles is 1. The summed E-state index contributed by atoms with van der Waals surface area (Å²) < 4.78 is 15.3. The molecule has 0 N–H and O–H groups in total. The highest BCUT2D eigenvalue weighted by Gasteiger charge is 2.33. The summed E-state index contributed by atoms with van der Waals surface area (Å²) in [6, 6.07) is 8.01. The summed E-state index contributed by atoms with van der Waals surface area (Å²) in [7, 11) is 0. The largest absolute Gasteiger partial charge is 0.357 e. The minimum absolute atomic E-state index is 0.0906. The summed E-state index contributed by atoms with van der Waals surface area (Å²) in [6.45, 7) is 5.94. The Bertz CT molecular complexity index is 1260. The van der Waals surface area contributed by atoms with Gasteiger partial charge in [0.25, 0.3) is 11.5 Å². The van der Waals surface area contributed by atoms with E-state index >= 15 is 0 Å². The number of carbonyl (C=O) groups excluding carboxylic acids is 1. The third kappa shape index (κ3) is 4.33. The van der Waals surface area contributed by atoms with Gasteiger partial charge in [0.05, 0.1) is 11.4 Å². The molecule has 9 heteroatoms. The number of halogens is 1. The number of thiocarbonyl (C=S) groups is 1. The highest BCUT2D eigenvalue weighted by molar-refractivity contribution is 8.26. The standard InChI is InChI=1S/C24H23FN4O2S2/c1-3-28-21(27-10-4-5-11-27)18(15(2)19(13-26)22(28)30)12-20-23(31)29(24(32)33-20)14-16-6-8-17(25)9-7-16/h6-9,12H,3-5,10-11,14H2,1-2H3/b20-12+. The molecule has 2 aliphatic rings. The molecule has 3 heterocycles. The maximum atomic E-state index is 13.2. The van der Waals surface area contributed by atoms with Crippen molar-refractivity contribution in [1.82, 2.24) is 9.47 Å². The third-order valence-electron chi connectivity index (χ3n) is 5.97. The Morgan fingerprint density at radius 1 is 1.21 bits per heavy atom. The second-order valence-corrected chi connectivity index (χ2v) is 9.66. The van der Waals surface area contributed by atoms with E-state index in [0.717, 1.165) is 37.3 Å². The van der Waals surface area contributed by atoms with Crippen molar-refractivity contribution in [2.75, 3.05) is 18.0 Å². The number of benzene rings is 1. The number of thioether (sulfide) groups is 1. The normalized spacial score (nSPS) is 17.3. The van der Waals surface area contributed by atoms with Gasteiger partial charge in [0.15, 0.2) is 0 Å². The van der Waals surface area contributed by atoms with E-state index in [9.17, 15) is 19.2 Å². The van der Waals surface area contributed by atoms with Crippen molar-refractivity contribution < 1.29 is 9.18 Å². The minimum atomic E-state index is -0.340. The summed E-state index contributed by atoms with van der Waals surface area (Å²) in [6.07, 6.45) is 3.81. The van der Waals surface area contributed by atoms with Gasteiger partial charge in [0.1, 0.15) is 27.6 Å². The first-order valence-corrected chi connectivity index (χ1v) is 12.0. The number of hydrogen-bond donors (Lipinski definition) is 0. The smallest absolute Gasteiger partial charge is 0.270 e. The van der Waals surface area contributed by atoms with E-state index in [4.69, 9.17) is 12.2 Å². The van der Waals surface area contributed by atoms with Crippen LogP contribution in [0.15, 0.2) is 34.0 Å². The van der Waals surface area contributed by atoms with Gasteiger partial charge in [-0.15, -0.1) is 0 Å². The molecule has 2 saturated heterocycles. The molecule has 1 amide bonds. The number of rotatable bonds is 5. The number of hydrogen-bond acceptors (Lipinski definition) is 6. The van der Waals surface area contributed by atoms with E-state index in [1.54, 1.807) is 29.7 Å². The summed E-state index contributed by atoms with van der Waals surface area (Å²) in [5.41, 5.74) is 1.83. The quantitative estimate of drug-likeness (QED) is 0.470. The summed E-state index contributed by atoms with van der Waals surface area (Å²) in [5, 5.41) is 9.66. The van der Waals surface area contributed by atoms with Gasteiger partial charge in [0.2, 0.25) is 0 Å². The number of nitrogens with zero attached hydrogens (tertiary/aromatic N) is 4. The second-order valence-electron chi connectivity index (χ2n) is 7.99. The first-order valence-electron chi connectivity index (χ1n) is 10.8. The maximum Gasteiger partial charge on any atom is 0.270 e. The summed E-state index contributed by atoms with van der Waals surface area (Å²) in [4.78, 5) is 30.3. The van der Waals surface area contributed by atoms with Crippen molar-refractivity contribution >= 4 is 46.1 Å². The number of pyridine rings is 1. The van der Waals surface area contributed by atoms with Gasteiger partial charge in [-0.2, -0.15) is 5.26 Å². The highest BCUT2D eigenvalue weighted by atomic mass is 32.2. The Kier molecular flexibility index (Phi) is 6.68. The predicted molar refractivity (Wildman–Crippen MR) is 132 cm³/mol. The Labute approximate surface area is 201 Å². The van der Waals surface area contributed by atoms with Crippen LogP contribution in [0, 0.1) is 24.1 Å². The van der Waals surface area contributed by atoms with Gasteiger partial charge in [0, 0.05) is 25.2 Å². The molecule has 170 valence electrons. The average molecular weight is 483 g/mol. The highest BCUT2D eigenvalue weighted by Crippen LogP contribution is 2.37. The molecule has 1 aromatic carbocycles. The van der Waals surface area contributed by atoms with Crippen LogP contribution < -0.4 is 10.5 Å². The fraction of sp³-hybridized carbons (Fsp3) is 0.333. The fourth-order valence-corrected chi connectivity index (χ4v) is 5.48. The number of carbonyl (C=O) groups is 1. The predicted octanol–water partition coefficient (Wildman–Crippen LogP) is 4.19. The molecule has 0 aliphatic carbocycles. The molecular weight excluding hydrogens is 459 g/mol. The lowest BCUT2D eigenvalue weighted by molar-refractivity contribution is -0.122. The van der Waals surface area contributed by atoms with Crippen LogP contribution in [0.25, 0.3) is 6.08 Å². The molecule has 0 spiro atoms. The Morgan fingerprint density at radius 2 is 1.88 bits per heavy atom. The van der Waals surface area contributed by atoms with E-state index in [2.05, 4.69) is 4.90 Å². The lowest BCUT2D eigenvalue weighted by Crippen LogP contribution is -2.32. The van der Waals surface area contributed by atoms with E-state index in [1.165, 1.54) is 28.8 Å². The first-order chi connectivity index (χ1) is 15.8. The number of aromatic nitrogens is 1. The van der Waals surface area contributed by atoms with Crippen molar-refractivity contribution in [3.63, 3.8) is 0 Å². The van der Waals surface area contributed by atoms with E-state index < -0.39 is 0 Å². The van der Waals surface area contributed by atoms with Crippen molar-refractivity contribution in [3.05, 3.63) is 67.6 Å². The Morgan fingerprint density at radius 3 is 2.48 bits per heavy atom. The lowest BCUT2D eigenvalue weighted by Gasteiger charge is -2.26. The molecule has 0 radical (unpaired) electrons. The van der Waals surface area contributed by atoms with Gasteiger partial charge in [-0.3, -0.25) is 19.1 Å². The van der Waals surface area contributed by atoms with E-state index in [-0.39, 0.29) is 29.4 Å². The van der Waals surface area contributed by atoms with Crippen LogP contribution in [0.5, 0.6) is 0 Å². The van der Waals surface area contributed by atoms with Gasteiger partial charge in [-0.05, 0) is 56.0 Å². The van der Waals surface area contributed by atoms with Gasteiger partial charge in [-0.25, -0.2) is 4.39 Å². The molecule has 1 aromatic heterocycles. The summed E-state index contributed by atoms with van der Waals surface area (Å²) >= 11 is 6.66. The third-order valence-corrected chi connectivity index (χ3v) is 7.35. The molecule has 0 atom stereocenters. The van der Waals surface area contributed by atoms with E-state index in [0.29, 0.717) is 26.9 Å². The average Bonchev–Trinajstić information content (AvgIpc) is 3.41. The molecule has 4 rings (SSSR count). The van der Waals surface area contributed by atoms with Crippen LogP contribution in [0.3, 0.4) is 0 Å². The van der Waals surface area contributed by atoms with Crippen LogP contribution in [0.1, 0.15) is 42.0 Å². The fourth-order valence-electron chi connectivity index (χ4n) is 4.25. The molecule has 33 heavy (non-hydrogen) atoms. The molecule has 0 saturated carbocycles. The Hall–Kier alpha value is -2.96. The number of anilines is 1. The van der Waals surface area contributed by atoms with Crippen LogP contribution in [0.4, 0.5) is 10.2 Å². The molecule has 0 bridgehead atoms. The molecular formula is C24H23FN4O2S2. The van der Waals surface area contributed by atoms with Crippen LogP contribution in [-0.2, 0) is 17.9 Å². The molecule has 6 nitrogen and oxygen atoms in total. The van der Waals surface area contributed by atoms with Crippen LogP contribution in [-0.4, -0.2) is 32.8 Å². The maximum absolute atomic E-state index is 13.2. The molecule has 2 aliphatic heterocycles. The SMILES string of the molecule is CCn1c(N2CCCC2)c(/C=C2/SC(=S)N(Cc3ccc(F)cc3)C2=O)c(C)c(C#N)c1=O. The van der Waals surface area contributed by atoms with Crippen molar-refractivity contribution in [2.24, 2.45) is 0 Å². The van der Waals surface area contributed by atoms with Crippen LogP contribution in [0.2, 0.25) is 0 Å². The zero-order valence-corrected chi connectivity index (χ0v) is 20.1. The van der Waals surface area contributed by atoms with Gasteiger partial charge >= 0.3 is 0 Å². The lowest BCUT2D eigenvalue weighted by atomic mass is 10.0. The van der Waals surface area contributed by atoms with Gasteiger partial charge < -0.3 is 4.90 Å². The molecule has 2 aromatic rings. The minimum Gasteiger partial charge on any atom is -0.357 e.